The standard InChI is InChI=1S/C8H8.C6H14O4/c1-2-8-6-4-3-5-7-8;7-1-3-9-5-6-10-4-2-8/h2-7H,1H2;7-8H,1-6H2. The summed E-state index contributed by atoms with van der Waals surface area (Å²) in [6.45, 7) is 5.36. The van der Waals surface area contributed by atoms with Gasteiger partial charge in [0, 0.05) is 0 Å². The first kappa shape index (κ1) is 16.8. The van der Waals surface area contributed by atoms with E-state index in [1.807, 2.05) is 36.4 Å². The Hall–Kier alpha value is -1.20. The van der Waals surface area contributed by atoms with Crippen LogP contribution in [-0.4, -0.2) is 49.9 Å². The molecule has 4 heteroatoms. The first-order valence-corrected chi connectivity index (χ1v) is 5.89. The zero-order valence-corrected chi connectivity index (χ0v) is 10.6. The van der Waals surface area contributed by atoms with Gasteiger partial charge in [-0.1, -0.05) is 43.0 Å². The molecule has 1 aromatic rings. The quantitative estimate of drug-likeness (QED) is 0.687. The van der Waals surface area contributed by atoms with E-state index in [2.05, 4.69) is 6.58 Å². The molecule has 0 aliphatic heterocycles. The Morgan fingerprint density at radius 2 is 1.39 bits per heavy atom. The summed E-state index contributed by atoms with van der Waals surface area (Å²) >= 11 is 0. The largest absolute Gasteiger partial charge is 0.394 e. The van der Waals surface area contributed by atoms with Crippen molar-refractivity contribution in [3.63, 3.8) is 0 Å². The van der Waals surface area contributed by atoms with Gasteiger partial charge < -0.3 is 19.7 Å². The molecule has 0 unspecified atom stereocenters. The van der Waals surface area contributed by atoms with E-state index in [1.165, 1.54) is 5.56 Å². The van der Waals surface area contributed by atoms with Gasteiger partial charge in [0.2, 0.25) is 0 Å². The fourth-order valence-corrected chi connectivity index (χ4v) is 1.04. The SMILES string of the molecule is C=Cc1ccccc1.OCCOCCOCCO. The Balaban J connectivity index is 0.000000327. The summed E-state index contributed by atoms with van der Waals surface area (Å²) in [7, 11) is 0. The van der Waals surface area contributed by atoms with Gasteiger partial charge in [0.05, 0.1) is 39.6 Å². The molecule has 0 fully saturated rings. The fourth-order valence-electron chi connectivity index (χ4n) is 1.04. The molecule has 0 heterocycles. The number of hydrogen-bond donors (Lipinski definition) is 2. The summed E-state index contributed by atoms with van der Waals surface area (Å²) in [5.74, 6) is 0. The third-order valence-electron chi connectivity index (χ3n) is 1.88. The minimum atomic E-state index is 0.0417. The molecular weight excluding hydrogens is 232 g/mol. The van der Waals surface area contributed by atoms with E-state index in [0.717, 1.165) is 0 Å². The predicted molar refractivity (Wildman–Crippen MR) is 72.3 cm³/mol. The number of benzene rings is 1. The molecule has 1 rings (SSSR count). The third kappa shape index (κ3) is 11.3. The van der Waals surface area contributed by atoms with Gasteiger partial charge in [0.25, 0.3) is 0 Å². The van der Waals surface area contributed by atoms with Crippen molar-refractivity contribution < 1.29 is 19.7 Å². The molecule has 0 aromatic heterocycles. The van der Waals surface area contributed by atoms with E-state index in [0.29, 0.717) is 26.4 Å². The van der Waals surface area contributed by atoms with Gasteiger partial charge in [-0.25, -0.2) is 0 Å². The number of hydrogen-bond acceptors (Lipinski definition) is 4. The van der Waals surface area contributed by atoms with E-state index < -0.39 is 0 Å². The van der Waals surface area contributed by atoms with E-state index in [-0.39, 0.29) is 13.2 Å². The Kier molecular flexibility index (Phi) is 12.9. The highest BCUT2D eigenvalue weighted by molar-refractivity contribution is 5.45. The van der Waals surface area contributed by atoms with Crippen molar-refractivity contribution in [3.8, 4) is 0 Å². The summed E-state index contributed by atoms with van der Waals surface area (Å²) in [5.41, 5.74) is 1.17. The van der Waals surface area contributed by atoms with Crippen LogP contribution in [0.2, 0.25) is 0 Å². The van der Waals surface area contributed by atoms with Crippen molar-refractivity contribution in [2.45, 2.75) is 0 Å². The summed E-state index contributed by atoms with van der Waals surface area (Å²) in [6.07, 6.45) is 1.83. The summed E-state index contributed by atoms with van der Waals surface area (Å²) in [4.78, 5) is 0. The number of aliphatic hydroxyl groups is 2. The lowest BCUT2D eigenvalue weighted by molar-refractivity contribution is 0.0222. The first-order chi connectivity index (χ1) is 8.85. The Morgan fingerprint density at radius 3 is 1.72 bits per heavy atom. The van der Waals surface area contributed by atoms with Gasteiger partial charge in [-0.05, 0) is 5.56 Å². The highest BCUT2D eigenvalue weighted by Crippen LogP contribution is 1.97. The Labute approximate surface area is 108 Å². The molecule has 102 valence electrons. The van der Waals surface area contributed by atoms with Crippen LogP contribution in [0.4, 0.5) is 0 Å². The molecule has 0 saturated heterocycles. The molecule has 0 amide bonds. The maximum atomic E-state index is 8.26. The van der Waals surface area contributed by atoms with Crippen LogP contribution in [0.25, 0.3) is 6.08 Å². The molecule has 0 saturated carbocycles. The van der Waals surface area contributed by atoms with Crippen LogP contribution in [0.1, 0.15) is 5.56 Å². The van der Waals surface area contributed by atoms with E-state index >= 15 is 0 Å². The summed E-state index contributed by atoms with van der Waals surface area (Å²) in [6, 6.07) is 10.0. The topological polar surface area (TPSA) is 58.9 Å². The van der Waals surface area contributed by atoms with Crippen molar-refractivity contribution in [3.05, 3.63) is 42.5 Å². The van der Waals surface area contributed by atoms with Crippen LogP contribution in [0, 0.1) is 0 Å². The summed E-state index contributed by atoms with van der Waals surface area (Å²) in [5, 5.41) is 16.5. The number of ether oxygens (including phenoxy) is 2. The van der Waals surface area contributed by atoms with Gasteiger partial charge in [0.1, 0.15) is 0 Å². The van der Waals surface area contributed by atoms with Gasteiger partial charge in [-0.2, -0.15) is 0 Å². The average Bonchev–Trinajstić information content (AvgIpc) is 2.44. The monoisotopic (exact) mass is 254 g/mol. The maximum absolute atomic E-state index is 8.26. The third-order valence-corrected chi connectivity index (χ3v) is 1.88. The normalized spacial score (nSPS) is 9.44. The highest BCUT2D eigenvalue weighted by atomic mass is 16.5. The molecule has 4 nitrogen and oxygen atoms in total. The van der Waals surface area contributed by atoms with E-state index in [9.17, 15) is 0 Å². The molecule has 0 bridgehead atoms. The van der Waals surface area contributed by atoms with Crippen molar-refractivity contribution in [1.82, 2.24) is 0 Å². The molecule has 0 spiro atoms. The van der Waals surface area contributed by atoms with Crippen molar-refractivity contribution in [2.75, 3.05) is 39.6 Å². The lowest BCUT2D eigenvalue weighted by Gasteiger charge is -2.01. The second-order valence-electron chi connectivity index (χ2n) is 3.29. The van der Waals surface area contributed by atoms with Gasteiger partial charge in [0.15, 0.2) is 0 Å². The molecule has 0 aliphatic rings. The van der Waals surface area contributed by atoms with Crippen molar-refractivity contribution in [2.24, 2.45) is 0 Å². The van der Waals surface area contributed by atoms with Crippen LogP contribution in [0.15, 0.2) is 36.9 Å². The molecule has 1 aromatic carbocycles. The van der Waals surface area contributed by atoms with Crippen molar-refractivity contribution >= 4 is 6.08 Å². The number of aliphatic hydroxyl groups excluding tert-OH is 2. The Bertz CT molecular complexity index is 266. The number of rotatable bonds is 8. The molecule has 18 heavy (non-hydrogen) atoms. The smallest absolute Gasteiger partial charge is 0.0701 e. The van der Waals surface area contributed by atoms with E-state index in [4.69, 9.17) is 19.7 Å². The maximum Gasteiger partial charge on any atom is 0.0701 e. The lowest BCUT2D eigenvalue weighted by atomic mass is 10.2. The molecule has 0 aliphatic carbocycles. The highest BCUT2D eigenvalue weighted by Gasteiger charge is 1.86. The minimum Gasteiger partial charge on any atom is -0.394 e. The molecule has 2 N–H and O–H groups in total. The first-order valence-electron chi connectivity index (χ1n) is 5.89. The zero-order valence-electron chi connectivity index (χ0n) is 10.6. The van der Waals surface area contributed by atoms with Crippen LogP contribution >= 0.6 is 0 Å². The predicted octanol–water partition coefficient (Wildman–Crippen LogP) is 1.33. The molecule has 0 radical (unpaired) electrons. The van der Waals surface area contributed by atoms with Crippen LogP contribution in [0.5, 0.6) is 0 Å². The van der Waals surface area contributed by atoms with E-state index in [1.54, 1.807) is 0 Å². The van der Waals surface area contributed by atoms with Gasteiger partial charge >= 0.3 is 0 Å². The van der Waals surface area contributed by atoms with Crippen LogP contribution < -0.4 is 0 Å². The van der Waals surface area contributed by atoms with Gasteiger partial charge in [-0.15, -0.1) is 0 Å². The second kappa shape index (κ2) is 13.9. The second-order valence-corrected chi connectivity index (χ2v) is 3.29. The van der Waals surface area contributed by atoms with Gasteiger partial charge in [-0.3, -0.25) is 0 Å². The minimum absolute atomic E-state index is 0.0417. The Morgan fingerprint density at radius 1 is 0.889 bits per heavy atom. The zero-order chi connectivity index (χ0) is 13.5. The molecule has 0 atom stereocenters. The van der Waals surface area contributed by atoms with Crippen LogP contribution in [-0.2, 0) is 9.47 Å². The van der Waals surface area contributed by atoms with Crippen LogP contribution in [0.3, 0.4) is 0 Å². The molecular formula is C14H22O4. The summed E-state index contributed by atoms with van der Waals surface area (Å²) < 4.78 is 9.75. The lowest BCUT2D eigenvalue weighted by Crippen LogP contribution is -2.09. The average molecular weight is 254 g/mol. The van der Waals surface area contributed by atoms with Crippen molar-refractivity contribution in [1.29, 1.82) is 0 Å². The fraction of sp³-hybridized carbons (Fsp3) is 0.429.